The zero-order valence-corrected chi connectivity index (χ0v) is 11.8. The maximum atomic E-state index is 11.6. The minimum Gasteiger partial charge on any atom is -0.351 e. The van der Waals surface area contributed by atoms with E-state index in [1.165, 1.54) is 0 Å². The summed E-state index contributed by atoms with van der Waals surface area (Å²) in [5.74, 6) is 0.170. The van der Waals surface area contributed by atoms with E-state index in [2.05, 4.69) is 5.32 Å². The molecule has 0 radical (unpaired) electrons. The number of nitrogens with two attached hydrogens (primary N) is 1. The van der Waals surface area contributed by atoms with Crippen molar-refractivity contribution >= 4 is 24.2 Å². The van der Waals surface area contributed by atoms with E-state index in [-0.39, 0.29) is 30.3 Å². The number of carbonyl (C=O) groups is 2. The zero-order valence-electron chi connectivity index (χ0n) is 11.0. The summed E-state index contributed by atoms with van der Waals surface area (Å²) in [5.41, 5.74) is 5.39. The Kier molecular flexibility index (Phi) is 8.75. The van der Waals surface area contributed by atoms with E-state index in [1.54, 1.807) is 11.9 Å². The Bertz CT molecular complexity index is 274. The van der Waals surface area contributed by atoms with E-state index in [4.69, 9.17) is 5.73 Å². The SMILES string of the molecule is CN1CC(NC(=O)CCCCCCN)CC1=O.Cl. The Labute approximate surface area is 115 Å². The number of hydrogen-bond acceptors (Lipinski definition) is 3. The van der Waals surface area contributed by atoms with E-state index in [0.29, 0.717) is 19.4 Å². The average Bonchev–Trinajstić information content (AvgIpc) is 2.57. The van der Waals surface area contributed by atoms with Crippen molar-refractivity contribution in [3.05, 3.63) is 0 Å². The molecule has 5 nitrogen and oxygen atoms in total. The second kappa shape index (κ2) is 9.16. The Morgan fingerprint density at radius 2 is 2.06 bits per heavy atom. The van der Waals surface area contributed by atoms with Crippen molar-refractivity contribution in [2.45, 2.75) is 44.6 Å². The van der Waals surface area contributed by atoms with Crippen LogP contribution in [-0.4, -0.2) is 42.9 Å². The van der Waals surface area contributed by atoms with E-state index in [0.717, 1.165) is 32.2 Å². The number of halogens is 1. The van der Waals surface area contributed by atoms with E-state index < -0.39 is 0 Å². The number of carbonyl (C=O) groups excluding carboxylic acids is 2. The normalized spacial score (nSPS) is 18.7. The van der Waals surface area contributed by atoms with Gasteiger partial charge in [0.25, 0.3) is 0 Å². The van der Waals surface area contributed by atoms with Crippen LogP contribution in [0.4, 0.5) is 0 Å². The van der Waals surface area contributed by atoms with Gasteiger partial charge in [0.05, 0.1) is 6.04 Å². The minimum absolute atomic E-state index is 0. The van der Waals surface area contributed by atoms with Gasteiger partial charge >= 0.3 is 0 Å². The van der Waals surface area contributed by atoms with Crippen LogP contribution < -0.4 is 11.1 Å². The Balaban J connectivity index is 0.00000289. The molecule has 1 unspecified atom stereocenters. The molecule has 0 saturated carbocycles. The second-order valence-electron chi connectivity index (χ2n) is 4.70. The van der Waals surface area contributed by atoms with Crippen molar-refractivity contribution < 1.29 is 9.59 Å². The van der Waals surface area contributed by atoms with E-state index in [9.17, 15) is 9.59 Å². The third-order valence-corrected chi connectivity index (χ3v) is 3.06. The van der Waals surface area contributed by atoms with Gasteiger partial charge in [0, 0.05) is 26.4 Å². The predicted octanol–water partition coefficient (Wildman–Crippen LogP) is 0.664. The van der Waals surface area contributed by atoms with Crippen LogP contribution >= 0.6 is 12.4 Å². The van der Waals surface area contributed by atoms with Crippen molar-refractivity contribution in [2.75, 3.05) is 20.1 Å². The first-order chi connectivity index (χ1) is 8.13. The molecule has 1 aliphatic rings. The summed E-state index contributed by atoms with van der Waals surface area (Å²) in [6.07, 6.45) is 5.07. The monoisotopic (exact) mass is 277 g/mol. The third-order valence-electron chi connectivity index (χ3n) is 3.06. The van der Waals surface area contributed by atoms with Gasteiger partial charge in [-0.3, -0.25) is 9.59 Å². The molecule has 0 aromatic heterocycles. The highest BCUT2D eigenvalue weighted by Gasteiger charge is 2.27. The zero-order chi connectivity index (χ0) is 12.7. The fourth-order valence-corrected chi connectivity index (χ4v) is 2.04. The Hall–Kier alpha value is -0.810. The molecule has 1 heterocycles. The van der Waals surface area contributed by atoms with Crippen LogP contribution in [0.2, 0.25) is 0 Å². The van der Waals surface area contributed by atoms with Crippen molar-refractivity contribution in [2.24, 2.45) is 5.73 Å². The summed E-state index contributed by atoms with van der Waals surface area (Å²) in [5, 5.41) is 2.90. The molecule has 0 aromatic rings. The van der Waals surface area contributed by atoms with Gasteiger partial charge in [-0.15, -0.1) is 12.4 Å². The highest BCUT2D eigenvalue weighted by molar-refractivity contribution is 5.85. The van der Waals surface area contributed by atoms with Crippen LogP contribution in [0, 0.1) is 0 Å². The molecule has 0 aromatic carbocycles. The molecular formula is C12H24ClN3O2. The van der Waals surface area contributed by atoms with Crippen LogP contribution in [0.15, 0.2) is 0 Å². The topological polar surface area (TPSA) is 75.4 Å². The van der Waals surface area contributed by atoms with Crippen molar-refractivity contribution in [1.29, 1.82) is 0 Å². The number of rotatable bonds is 7. The summed E-state index contributed by atoms with van der Waals surface area (Å²) < 4.78 is 0. The lowest BCUT2D eigenvalue weighted by Gasteiger charge is -2.12. The molecule has 6 heteroatoms. The number of unbranched alkanes of at least 4 members (excludes halogenated alkanes) is 3. The van der Waals surface area contributed by atoms with Gasteiger partial charge in [0.2, 0.25) is 11.8 Å². The first-order valence-corrected chi connectivity index (χ1v) is 6.37. The van der Waals surface area contributed by atoms with Crippen LogP contribution in [0.25, 0.3) is 0 Å². The molecule has 1 aliphatic heterocycles. The van der Waals surface area contributed by atoms with Gasteiger partial charge in [-0.05, 0) is 19.4 Å². The molecule has 1 fully saturated rings. The first kappa shape index (κ1) is 17.2. The van der Waals surface area contributed by atoms with Gasteiger partial charge in [0.1, 0.15) is 0 Å². The second-order valence-corrected chi connectivity index (χ2v) is 4.70. The quantitative estimate of drug-likeness (QED) is 0.672. The molecule has 1 rings (SSSR count). The standard InChI is InChI=1S/C12H23N3O2.ClH/c1-15-9-10(8-12(15)17)14-11(16)6-4-2-3-5-7-13;/h10H,2-9,13H2,1H3,(H,14,16);1H. The lowest BCUT2D eigenvalue weighted by atomic mass is 10.1. The summed E-state index contributed by atoms with van der Waals surface area (Å²) in [6, 6.07) is 0.00374. The molecule has 1 saturated heterocycles. The van der Waals surface area contributed by atoms with Gasteiger partial charge in [0.15, 0.2) is 0 Å². The molecule has 1 atom stereocenters. The Morgan fingerprint density at radius 3 is 2.61 bits per heavy atom. The first-order valence-electron chi connectivity index (χ1n) is 6.37. The van der Waals surface area contributed by atoms with Crippen molar-refractivity contribution in [3.8, 4) is 0 Å². The Morgan fingerprint density at radius 1 is 1.39 bits per heavy atom. The number of amides is 2. The highest BCUT2D eigenvalue weighted by Crippen LogP contribution is 2.09. The molecule has 2 amide bonds. The lowest BCUT2D eigenvalue weighted by molar-refractivity contribution is -0.126. The van der Waals surface area contributed by atoms with Crippen LogP contribution in [0.3, 0.4) is 0 Å². The van der Waals surface area contributed by atoms with E-state index in [1.807, 2.05) is 0 Å². The number of likely N-dealkylation sites (tertiary alicyclic amines) is 1. The fraction of sp³-hybridized carbons (Fsp3) is 0.833. The van der Waals surface area contributed by atoms with Gasteiger partial charge in [-0.1, -0.05) is 12.8 Å². The van der Waals surface area contributed by atoms with Crippen LogP contribution in [0.5, 0.6) is 0 Å². The molecule has 0 bridgehead atoms. The van der Waals surface area contributed by atoms with Crippen LogP contribution in [0.1, 0.15) is 38.5 Å². The maximum absolute atomic E-state index is 11.6. The molecule has 106 valence electrons. The van der Waals surface area contributed by atoms with E-state index >= 15 is 0 Å². The molecule has 0 spiro atoms. The number of hydrogen-bond donors (Lipinski definition) is 2. The van der Waals surface area contributed by atoms with Gasteiger partial charge in [-0.2, -0.15) is 0 Å². The lowest BCUT2D eigenvalue weighted by Crippen LogP contribution is -2.36. The van der Waals surface area contributed by atoms with Crippen molar-refractivity contribution in [3.63, 3.8) is 0 Å². The molecule has 3 N–H and O–H groups in total. The molecule has 18 heavy (non-hydrogen) atoms. The molecular weight excluding hydrogens is 254 g/mol. The van der Waals surface area contributed by atoms with Crippen molar-refractivity contribution in [1.82, 2.24) is 10.2 Å². The number of nitrogens with zero attached hydrogens (tertiary/aromatic N) is 1. The average molecular weight is 278 g/mol. The van der Waals surface area contributed by atoms with Gasteiger partial charge in [-0.25, -0.2) is 0 Å². The number of nitrogens with one attached hydrogen (secondary N) is 1. The maximum Gasteiger partial charge on any atom is 0.224 e. The molecule has 0 aliphatic carbocycles. The minimum atomic E-state index is 0. The van der Waals surface area contributed by atoms with Gasteiger partial charge < -0.3 is 16.0 Å². The predicted molar refractivity (Wildman–Crippen MR) is 73.6 cm³/mol. The summed E-state index contributed by atoms with van der Waals surface area (Å²) in [7, 11) is 1.77. The summed E-state index contributed by atoms with van der Waals surface area (Å²) in [4.78, 5) is 24.5. The third kappa shape index (κ3) is 6.21. The summed E-state index contributed by atoms with van der Waals surface area (Å²) in [6.45, 7) is 1.36. The fourth-order valence-electron chi connectivity index (χ4n) is 2.04. The largest absolute Gasteiger partial charge is 0.351 e. The number of likely N-dealkylation sites (N-methyl/N-ethyl adjacent to an activating group) is 1. The summed E-state index contributed by atoms with van der Waals surface area (Å²) >= 11 is 0. The van der Waals surface area contributed by atoms with Crippen LogP contribution in [-0.2, 0) is 9.59 Å². The highest BCUT2D eigenvalue weighted by atomic mass is 35.5. The smallest absolute Gasteiger partial charge is 0.224 e.